The Labute approximate surface area is 178 Å². The van der Waals surface area contributed by atoms with Gasteiger partial charge in [-0.3, -0.25) is 9.69 Å². The van der Waals surface area contributed by atoms with Crippen molar-refractivity contribution >= 4 is 50.6 Å². The van der Waals surface area contributed by atoms with Gasteiger partial charge in [0.05, 0.1) is 22.4 Å². The molecule has 7 nitrogen and oxygen atoms in total. The molecular weight excluding hydrogens is 398 g/mol. The molecule has 1 aromatic carbocycles. The number of aryl methyl sites for hydroxylation is 1. The summed E-state index contributed by atoms with van der Waals surface area (Å²) in [7, 11) is 2.07. The van der Waals surface area contributed by atoms with E-state index in [1.807, 2.05) is 37.3 Å². The van der Waals surface area contributed by atoms with E-state index in [0.717, 1.165) is 53.1 Å². The molecule has 1 fully saturated rings. The summed E-state index contributed by atoms with van der Waals surface area (Å²) in [5.41, 5.74) is 3.13. The molecule has 154 valence electrons. The van der Waals surface area contributed by atoms with Crippen molar-refractivity contribution in [3.8, 4) is 0 Å². The second-order valence-electron chi connectivity index (χ2n) is 7.94. The summed E-state index contributed by atoms with van der Waals surface area (Å²) in [5, 5.41) is 6.93. The summed E-state index contributed by atoms with van der Waals surface area (Å²) in [5.74, 6) is -0.149. The number of benzene rings is 1. The van der Waals surface area contributed by atoms with Crippen LogP contribution in [0.1, 0.15) is 28.1 Å². The minimum absolute atomic E-state index is 0.115. The lowest BCUT2D eigenvalue weighted by molar-refractivity contribution is 0.0917. The molecule has 1 atom stereocenters. The van der Waals surface area contributed by atoms with Gasteiger partial charge in [-0.05, 0) is 51.1 Å². The third-order valence-electron chi connectivity index (χ3n) is 5.77. The van der Waals surface area contributed by atoms with E-state index in [1.54, 1.807) is 11.1 Å². The van der Waals surface area contributed by atoms with Gasteiger partial charge in [-0.2, -0.15) is 0 Å². The van der Waals surface area contributed by atoms with Crippen LogP contribution in [0.15, 0.2) is 36.5 Å². The Hall–Kier alpha value is -2.97. The zero-order valence-electron chi connectivity index (χ0n) is 16.9. The van der Waals surface area contributed by atoms with Gasteiger partial charge in [0.2, 0.25) is 0 Å². The van der Waals surface area contributed by atoms with E-state index in [9.17, 15) is 9.59 Å². The quantitative estimate of drug-likeness (QED) is 0.667. The Morgan fingerprint density at radius 2 is 2.10 bits per heavy atom. The second kappa shape index (κ2) is 7.37. The lowest BCUT2D eigenvalue weighted by Gasteiger charge is -2.31. The van der Waals surface area contributed by atoms with Crippen LogP contribution in [0, 0.1) is 6.92 Å². The lowest BCUT2D eigenvalue weighted by atomic mass is 10.1. The maximum absolute atomic E-state index is 13.1. The van der Waals surface area contributed by atoms with E-state index in [-0.39, 0.29) is 18.0 Å². The fraction of sp³-hybridized carbons (Fsp3) is 0.318. The number of rotatable bonds is 3. The zero-order chi connectivity index (χ0) is 20.8. The smallest absolute Gasteiger partial charge is 0.331 e. The van der Waals surface area contributed by atoms with Crippen LogP contribution >= 0.6 is 11.3 Å². The lowest BCUT2D eigenvalue weighted by Crippen LogP contribution is -2.46. The van der Waals surface area contributed by atoms with Gasteiger partial charge in [-0.15, -0.1) is 11.3 Å². The number of nitrogens with zero attached hydrogens (tertiary/aromatic N) is 3. The number of nitrogens with one attached hydrogen (secondary N) is 2. The highest BCUT2D eigenvalue weighted by molar-refractivity contribution is 7.21. The van der Waals surface area contributed by atoms with E-state index in [0.29, 0.717) is 10.6 Å². The third kappa shape index (κ3) is 3.12. The largest absolute Gasteiger partial charge is 0.347 e. The molecule has 30 heavy (non-hydrogen) atoms. The average molecular weight is 422 g/mol. The van der Waals surface area contributed by atoms with Crippen molar-refractivity contribution in [1.82, 2.24) is 15.2 Å². The van der Waals surface area contributed by atoms with Gasteiger partial charge in [0.25, 0.3) is 5.91 Å². The van der Waals surface area contributed by atoms with Crippen molar-refractivity contribution in [2.24, 2.45) is 0 Å². The van der Waals surface area contributed by atoms with Gasteiger partial charge in [-0.1, -0.05) is 18.2 Å². The van der Waals surface area contributed by atoms with Crippen molar-refractivity contribution in [2.45, 2.75) is 25.8 Å². The summed E-state index contributed by atoms with van der Waals surface area (Å²) in [6.45, 7) is 3.87. The molecule has 0 saturated carbocycles. The number of carbonyl (C=O) groups excluding carboxylic acids is 2. The highest BCUT2D eigenvalue weighted by atomic mass is 32.1. The summed E-state index contributed by atoms with van der Waals surface area (Å²) in [6, 6.07) is 9.44. The number of likely N-dealkylation sites (N-methyl/N-ethyl adjacent to an activating group) is 1. The van der Waals surface area contributed by atoms with Gasteiger partial charge in [0, 0.05) is 18.8 Å². The number of thiophene rings is 1. The molecule has 2 aliphatic rings. The SMILES string of the molecule is Cc1ccccc1N1C(=O)Nc2c(C(=O)NC3CCCN(C)C3)sc3nccc1c23. The number of likely N-dealkylation sites (tertiary alicyclic amines) is 1. The van der Waals surface area contributed by atoms with Crippen LogP contribution in [0.5, 0.6) is 0 Å². The van der Waals surface area contributed by atoms with Crippen molar-refractivity contribution < 1.29 is 9.59 Å². The number of pyridine rings is 1. The van der Waals surface area contributed by atoms with Gasteiger partial charge in [0.1, 0.15) is 9.71 Å². The van der Waals surface area contributed by atoms with Gasteiger partial charge in [-0.25, -0.2) is 9.78 Å². The van der Waals surface area contributed by atoms with E-state index in [2.05, 4.69) is 27.6 Å². The van der Waals surface area contributed by atoms with Gasteiger partial charge < -0.3 is 15.5 Å². The van der Waals surface area contributed by atoms with Gasteiger partial charge >= 0.3 is 6.03 Å². The predicted molar refractivity (Wildman–Crippen MR) is 120 cm³/mol. The number of hydrogen-bond acceptors (Lipinski definition) is 5. The number of anilines is 3. The number of aromatic nitrogens is 1. The van der Waals surface area contributed by atoms with Crippen LogP contribution in [0.3, 0.4) is 0 Å². The van der Waals surface area contributed by atoms with Crippen LogP contribution in [0.4, 0.5) is 21.9 Å². The maximum Gasteiger partial charge on any atom is 0.331 e. The molecule has 4 heterocycles. The first-order valence-electron chi connectivity index (χ1n) is 10.1. The summed E-state index contributed by atoms with van der Waals surface area (Å²) in [4.78, 5) is 35.8. The number of amides is 3. The fourth-order valence-corrected chi connectivity index (χ4v) is 5.36. The van der Waals surface area contributed by atoms with Crippen LogP contribution in [0.25, 0.3) is 10.2 Å². The van der Waals surface area contributed by atoms with E-state index in [1.165, 1.54) is 11.3 Å². The molecule has 3 amide bonds. The monoisotopic (exact) mass is 421 g/mol. The molecule has 2 aromatic heterocycles. The Balaban J connectivity index is 1.56. The Morgan fingerprint density at radius 3 is 2.90 bits per heavy atom. The first-order valence-corrected chi connectivity index (χ1v) is 10.9. The zero-order valence-corrected chi connectivity index (χ0v) is 17.8. The molecule has 0 radical (unpaired) electrons. The molecule has 0 bridgehead atoms. The summed E-state index contributed by atoms with van der Waals surface area (Å²) < 4.78 is 0. The molecule has 2 N–H and O–H groups in total. The number of para-hydroxylation sites is 1. The van der Waals surface area contributed by atoms with Crippen LogP contribution in [0.2, 0.25) is 0 Å². The first-order chi connectivity index (χ1) is 14.5. The predicted octanol–water partition coefficient (Wildman–Crippen LogP) is 4.11. The molecule has 0 aliphatic carbocycles. The average Bonchev–Trinajstić information content (AvgIpc) is 3.09. The van der Waals surface area contributed by atoms with Crippen molar-refractivity contribution in [2.75, 3.05) is 30.4 Å². The number of piperidine rings is 1. The summed E-state index contributed by atoms with van der Waals surface area (Å²) >= 11 is 1.33. The van der Waals surface area contributed by atoms with Crippen molar-refractivity contribution in [3.63, 3.8) is 0 Å². The maximum atomic E-state index is 13.1. The highest BCUT2D eigenvalue weighted by Gasteiger charge is 2.33. The Kier molecular flexibility index (Phi) is 4.67. The number of carbonyl (C=O) groups is 2. The fourth-order valence-electron chi connectivity index (χ4n) is 4.33. The minimum atomic E-state index is -0.269. The Bertz CT molecular complexity index is 1160. The van der Waals surface area contributed by atoms with E-state index >= 15 is 0 Å². The summed E-state index contributed by atoms with van der Waals surface area (Å²) in [6.07, 6.45) is 3.72. The van der Waals surface area contributed by atoms with E-state index in [4.69, 9.17) is 0 Å². The number of hydrogen-bond donors (Lipinski definition) is 2. The topological polar surface area (TPSA) is 77.6 Å². The molecule has 1 unspecified atom stereocenters. The molecule has 5 rings (SSSR count). The van der Waals surface area contributed by atoms with Crippen LogP contribution < -0.4 is 15.5 Å². The molecule has 8 heteroatoms. The first kappa shape index (κ1) is 19.0. The standard InChI is InChI=1S/C22H23N5O2S/c1-13-6-3-4-8-15(13)27-16-9-10-23-21-17(16)18(25-22(27)29)19(30-21)20(28)24-14-7-5-11-26(2)12-14/h3-4,6,8-10,14H,5,7,11-12H2,1-2H3,(H,24,28)(H,25,29). The molecule has 2 aliphatic heterocycles. The third-order valence-corrected chi connectivity index (χ3v) is 6.86. The number of urea groups is 1. The molecule has 1 saturated heterocycles. The highest BCUT2D eigenvalue weighted by Crippen LogP contribution is 2.46. The molecule has 0 spiro atoms. The van der Waals surface area contributed by atoms with Crippen molar-refractivity contribution in [3.05, 3.63) is 47.0 Å². The second-order valence-corrected chi connectivity index (χ2v) is 8.94. The Morgan fingerprint density at radius 1 is 1.27 bits per heavy atom. The van der Waals surface area contributed by atoms with Crippen molar-refractivity contribution in [1.29, 1.82) is 0 Å². The normalized spacial score (nSPS) is 19.1. The molecular formula is C22H23N5O2S. The minimum Gasteiger partial charge on any atom is -0.347 e. The van der Waals surface area contributed by atoms with E-state index < -0.39 is 0 Å². The van der Waals surface area contributed by atoms with Gasteiger partial charge in [0.15, 0.2) is 0 Å². The molecule has 3 aromatic rings. The van der Waals surface area contributed by atoms with Crippen LogP contribution in [-0.2, 0) is 0 Å². The van der Waals surface area contributed by atoms with Crippen LogP contribution in [-0.4, -0.2) is 48.0 Å².